The standard InChI is InChI=1S/C23H27ClN4O6/c1-27(23(31)15-11-18(24)22(19(12-15)32-2)34-14-20(25)29)13-21(30)26-16-3-5-17(6-4-16)28-7-9-33-10-8-28/h3-6,11-12H,7-10,13-14H2,1-2H3,(H2,25,29)(H,26,30). The lowest BCUT2D eigenvalue weighted by molar-refractivity contribution is -0.120. The Morgan fingerprint density at radius 3 is 2.47 bits per heavy atom. The third kappa shape index (κ3) is 6.52. The fraction of sp³-hybridized carbons (Fsp3) is 0.348. The third-order valence-corrected chi connectivity index (χ3v) is 5.37. The summed E-state index contributed by atoms with van der Waals surface area (Å²) in [5, 5.41) is 2.86. The van der Waals surface area contributed by atoms with Crippen molar-refractivity contribution in [1.29, 1.82) is 0 Å². The lowest BCUT2D eigenvalue weighted by atomic mass is 10.1. The van der Waals surface area contributed by atoms with E-state index in [9.17, 15) is 14.4 Å². The normalized spacial score (nSPS) is 13.2. The van der Waals surface area contributed by atoms with Crippen LogP contribution in [-0.4, -0.2) is 76.2 Å². The highest BCUT2D eigenvalue weighted by atomic mass is 35.5. The highest BCUT2D eigenvalue weighted by Gasteiger charge is 2.20. The number of anilines is 2. The van der Waals surface area contributed by atoms with Gasteiger partial charge < -0.3 is 35.1 Å². The van der Waals surface area contributed by atoms with Gasteiger partial charge in [0.05, 0.1) is 31.9 Å². The molecule has 2 aromatic rings. The molecule has 0 saturated carbocycles. The van der Waals surface area contributed by atoms with Gasteiger partial charge >= 0.3 is 0 Å². The molecule has 0 atom stereocenters. The Bertz CT molecular complexity index is 1040. The highest BCUT2D eigenvalue weighted by molar-refractivity contribution is 6.32. The van der Waals surface area contributed by atoms with Crippen molar-refractivity contribution in [1.82, 2.24) is 4.90 Å². The Morgan fingerprint density at radius 2 is 1.85 bits per heavy atom. The average Bonchev–Trinajstić information content (AvgIpc) is 2.83. The molecule has 182 valence electrons. The van der Waals surface area contributed by atoms with Crippen LogP contribution in [0.4, 0.5) is 11.4 Å². The van der Waals surface area contributed by atoms with Gasteiger partial charge in [-0.3, -0.25) is 14.4 Å². The predicted octanol–water partition coefficient (Wildman–Crippen LogP) is 1.76. The number of rotatable bonds is 9. The number of carbonyl (C=O) groups excluding carboxylic acids is 3. The quantitative estimate of drug-likeness (QED) is 0.549. The number of hydrogen-bond acceptors (Lipinski definition) is 7. The van der Waals surface area contributed by atoms with Crippen LogP contribution in [0.25, 0.3) is 0 Å². The Balaban J connectivity index is 1.60. The molecule has 0 radical (unpaired) electrons. The highest BCUT2D eigenvalue weighted by Crippen LogP contribution is 2.36. The monoisotopic (exact) mass is 490 g/mol. The molecule has 0 spiro atoms. The largest absolute Gasteiger partial charge is 0.493 e. The molecule has 3 N–H and O–H groups in total. The first-order chi connectivity index (χ1) is 16.3. The van der Waals surface area contributed by atoms with Gasteiger partial charge in [0.25, 0.3) is 11.8 Å². The molecule has 1 fully saturated rings. The summed E-state index contributed by atoms with van der Waals surface area (Å²) in [6.07, 6.45) is 0. The topological polar surface area (TPSA) is 123 Å². The zero-order valence-corrected chi connectivity index (χ0v) is 19.8. The maximum atomic E-state index is 12.9. The maximum Gasteiger partial charge on any atom is 0.255 e. The van der Waals surface area contributed by atoms with Crippen LogP contribution in [0.3, 0.4) is 0 Å². The van der Waals surface area contributed by atoms with Gasteiger partial charge in [0.15, 0.2) is 18.1 Å². The van der Waals surface area contributed by atoms with E-state index in [0.29, 0.717) is 18.9 Å². The number of carbonyl (C=O) groups is 3. The third-order valence-electron chi connectivity index (χ3n) is 5.09. The number of primary amides is 1. The molecule has 1 aliphatic rings. The van der Waals surface area contributed by atoms with Crippen molar-refractivity contribution in [3.63, 3.8) is 0 Å². The van der Waals surface area contributed by atoms with Crippen molar-refractivity contribution < 1.29 is 28.6 Å². The summed E-state index contributed by atoms with van der Waals surface area (Å²) in [6, 6.07) is 10.3. The Kier molecular flexibility index (Phi) is 8.55. The molecule has 1 heterocycles. The van der Waals surface area contributed by atoms with Crippen LogP contribution in [0.1, 0.15) is 10.4 Å². The molecule has 1 saturated heterocycles. The van der Waals surface area contributed by atoms with E-state index in [2.05, 4.69) is 10.2 Å². The Hall–Kier alpha value is -3.50. The SMILES string of the molecule is COc1cc(C(=O)N(C)CC(=O)Nc2ccc(N3CCOCC3)cc2)cc(Cl)c1OCC(N)=O. The van der Waals surface area contributed by atoms with Crippen LogP contribution in [0.5, 0.6) is 11.5 Å². The minimum absolute atomic E-state index is 0.0714. The minimum Gasteiger partial charge on any atom is -0.493 e. The second-order valence-corrected chi connectivity index (χ2v) is 8.01. The van der Waals surface area contributed by atoms with E-state index in [1.165, 1.54) is 31.2 Å². The van der Waals surface area contributed by atoms with Crippen molar-refractivity contribution >= 4 is 40.7 Å². The number of hydrogen-bond donors (Lipinski definition) is 2. The van der Waals surface area contributed by atoms with E-state index >= 15 is 0 Å². The molecule has 1 aliphatic heterocycles. The smallest absolute Gasteiger partial charge is 0.255 e. The van der Waals surface area contributed by atoms with Crippen molar-refractivity contribution in [3.8, 4) is 11.5 Å². The number of halogens is 1. The number of ether oxygens (including phenoxy) is 3. The lowest BCUT2D eigenvalue weighted by Crippen LogP contribution is -2.36. The molecular weight excluding hydrogens is 464 g/mol. The van der Waals surface area contributed by atoms with Gasteiger partial charge in [0.2, 0.25) is 5.91 Å². The molecule has 11 heteroatoms. The summed E-state index contributed by atoms with van der Waals surface area (Å²) in [7, 11) is 2.87. The molecule has 10 nitrogen and oxygen atoms in total. The molecule has 3 amide bonds. The summed E-state index contributed by atoms with van der Waals surface area (Å²) < 4.78 is 15.8. The van der Waals surface area contributed by atoms with Gasteiger partial charge in [-0.25, -0.2) is 0 Å². The first-order valence-electron chi connectivity index (χ1n) is 10.5. The molecule has 0 unspecified atom stereocenters. The van der Waals surface area contributed by atoms with Crippen LogP contribution in [0.15, 0.2) is 36.4 Å². The number of methoxy groups -OCH3 is 1. The van der Waals surface area contributed by atoms with Gasteiger partial charge in [0.1, 0.15) is 0 Å². The number of nitrogens with two attached hydrogens (primary N) is 1. The van der Waals surface area contributed by atoms with Gasteiger partial charge in [-0.1, -0.05) is 11.6 Å². The molecule has 0 bridgehead atoms. The van der Waals surface area contributed by atoms with Crippen molar-refractivity contribution in [2.45, 2.75) is 0 Å². The second-order valence-electron chi connectivity index (χ2n) is 7.60. The van der Waals surface area contributed by atoms with Crippen molar-refractivity contribution in [2.24, 2.45) is 5.73 Å². The fourth-order valence-electron chi connectivity index (χ4n) is 3.41. The molecule has 3 rings (SSSR count). The summed E-state index contributed by atoms with van der Waals surface area (Å²) in [5.41, 5.74) is 6.97. The molecular formula is C23H27ClN4O6. The van der Waals surface area contributed by atoms with E-state index < -0.39 is 18.4 Å². The zero-order valence-electron chi connectivity index (χ0n) is 19.0. The van der Waals surface area contributed by atoms with Gasteiger partial charge in [-0.15, -0.1) is 0 Å². The first kappa shape index (κ1) is 25.1. The Morgan fingerprint density at radius 1 is 1.18 bits per heavy atom. The number of amides is 3. The minimum atomic E-state index is -0.681. The summed E-state index contributed by atoms with van der Waals surface area (Å²) >= 11 is 6.21. The predicted molar refractivity (Wildman–Crippen MR) is 128 cm³/mol. The second kappa shape index (κ2) is 11.6. The molecule has 0 aromatic heterocycles. The fourth-order valence-corrected chi connectivity index (χ4v) is 3.68. The number of morpholine rings is 1. The average molecular weight is 491 g/mol. The summed E-state index contributed by atoms with van der Waals surface area (Å²) in [4.78, 5) is 39.8. The molecule has 34 heavy (non-hydrogen) atoms. The number of likely N-dealkylation sites (N-methyl/N-ethyl adjacent to an activating group) is 1. The van der Waals surface area contributed by atoms with Crippen LogP contribution in [0.2, 0.25) is 5.02 Å². The van der Waals surface area contributed by atoms with E-state index in [1.54, 1.807) is 0 Å². The van der Waals surface area contributed by atoms with Crippen LogP contribution in [-0.2, 0) is 14.3 Å². The molecule has 2 aromatic carbocycles. The van der Waals surface area contributed by atoms with E-state index in [0.717, 1.165) is 18.8 Å². The zero-order chi connectivity index (χ0) is 24.7. The van der Waals surface area contributed by atoms with Crippen molar-refractivity contribution in [3.05, 3.63) is 47.0 Å². The number of benzene rings is 2. The van der Waals surface area contributed by atoms with Crippen LogP contribution >= 0.6 is 11.6 Å². The van der Waals surface area contributed by atoms with Crippen molar-refractivity contribution in [2.75, 3.05) is 63.8 Å². The lowest BCUT2D eigenvalue weighted by Gasteiger charge is -2.28. The van der Waals surface area contributed by atoms with Gasteiger partial charge in [0, 0.05) is 37.1 Å². The van der Waals surface area contributed by atoms with Gasteiger partial charge in [-0.05, 0) is 36.4 Å². The van der Waals surface area contributed by atoms with Crippen LogP contribution < -0.4 is 25.4 Å². The van der Waals surface area contributed by atoms with E-state index in [4.69, 9.17) is 31.5 Å². The maximum absolute atomic E-state index is 12.9. The van der Waals surface area contributed by atoms with Gasteiger partial charge in [-0.2, -0.15) is 0 Å². The van der Waals surface area contributed by atoms with E-state index in [-0.39, 0.29) is 34.5 Å². The number of nitrogens with one attached hydrogen (secondary N) is 1. The first-order valence-corrected chi connectivity index (χ1v) is 10.9. The Labute approximate surface area is 202 Å². The van der Waals surface area contributed by atoms with Crippen LogP contribution in [0, 0.1) is 0 Å². The summed E-state index contributed by atoms with van der Waals surface area (Å²) in [5.74, 6) is -1.22. The van der Waals surface area contributed by atoms with E-state index in [1.807, 2.05) is 24.3 Å². The number of nitrogens with zero attached hydrogens (tertiary/aromatic N) is 2. The molecule has 0 aliphatic carbocycles. The summed E-state index contributed by atoms with van der Waals surface area (Å²) in [6.45, 7) is 2.47.